The smallest absolute Gasteiger partial charge is 0.408 e. The van der Waals surface area contributed by atoms with Gasteiger partial charge in [0.2, 0.25) is 5.89 Å². The fourth-order valence-corrected chi connectivity index (χ4v) is 4.04. The van der Waals surface area contributed by atoms with Gasteiger partial charge in [-0.05, 0) is 52.8 Å². The molecule has 12 heteroatoms. The Morgan fingerprint density at radius 3 is 2.72 bits per heavy atom. The third kappa shape index (κ3) is 6.26. The minimum absolute atomic E-state index is 0.0499. The zero-order chi connectivity index (χ0) is 25.9. The molecule has 0 saturated carbocycles. The average Bonchev–Trinajstić information content (AvgIpc) is 3.45. The molecule has 36 heavy (non-hydrogen) atoms. The summed E-state index contributed by atoms with van der Waals surface area (Å²) in [6.07, 6.45) is 0.933. The second kappa shape index (κ2) is 10.5. The van der Waals surface area contributed by atoms with E-state index in [1.54, 1.807) is 38.3 Å². The number of hydrogen-bond acceptors (Lipinski definition) is 11. The number of aromatic nitrogens is 4. The zero-order valence-corrected chi connectivity index (χ0v) is 21.5. The predicted molar refractivity (Wildman–Crippen MR) is 138 cm³/mol. The number of nitrogens with zero attached hydrogens (tertiary/aromatic N) is 4. The third-order valence-electron chi connectivity index (χ3n) is 4.79. The van der Waals surface area contributed by atoms with Crippen LogP contribution in [-0.2, 0) is 4.74 Å². The summed E-state index contributed by atoms with van der Waals surface area (Å²) in [5.74, 6) is 0.877. The molecule has 0 saturated heterocycles. The molecule has 0 fully saturated rings. The summed E-state index contributed by atoms with van der Waals surface area (Å²) in [6.45, 7) is 8.83. The molecule has 1 unspecified atom stereocenters. The summed E-state index contributed by atoms with van der Waals surface area (Å²) in [7, 11) is 0. The van der Waals surface area contributed by atoms with Gasteiger partial charge in [0.05, 0.1) is 33.6 Å². The third-order valence-corrected chi connectivity index (χ3v) is 5.59. The van der Waals surface area contributed by atoms with Gasteiger partial charge < -0.3 is 30.2 Å². The summed E-state index contributed by atoms with van der Waals surface area (Å²) in [5, 5.41) is 27.2. The molecule has 0 bridgehead atoms. The Hall–Kier alpha value is -3.77. The molecule has 4 N–H and O–H groups in total. The van der Waals surface area contributed by atoms with Crippen molar-refractivity contribution in [3.8, 4) is 11.5 Å². The van der Waals surface area contributed by atoms with E-state index in [0.717, 1.165) is 21.6 Å². The fraction of sp³-hybridized carbons (Fsp3) is 0.375. The number of thiazole rings is 1. The normalized spacial score (nSPS) is 12.5. The summed E-state index contributed by atoms with van der Waals surface area (Å²) in [5.41, 5.74) is 4.29. The highest BCUT2D eigenvalue weighted by Crippen LogP contribution is 2.31. The first-order chi connectivity index (χ1) is 17.1. The molecule has 0 aliphatic carbocycles. The lowest BCUT2D eigenvalue weighted by Crippen LogP contribution is -2.36. The highest BCUT2D eigenvalue weighted by Gasteiger charge is 2.25. The number of pyridine rings is 1. The van der Waals surface area contributed by atoms with Crippen LogP contribution in [0.5, 0.6) is 0 Å². The Balaban J connectivity index is 1.57. The van der Waals surface area contributed by atoms with Crippen LogP contribution in [0.3, 0.4) is 0 Å². The number of amides is 1. The van der Waals surface area contributed by atoms with Crippen LogP contribution in [0.25, 0.3) is 21.7 Å². The second-order valence-electron chi connectivity index (χ2n) is 9.40. The number of fused-ring (bicyclic) bond motifs is 1. The van der Waals surface area contributed by atoms with Crippen LogP contribution in [0.15, 0.2) is 40.4 Å². The van der Waals surface area contributed by atoms with Gasteiger partial charge in [0.25, 0.3) is 5.89 Å². The Labute approximate surface area is 212 Å². The number of aliphatic hydroxyl groups excluding tert-OH is 1. The van der Waals surface area contributed by atoms with E-state index in [-0.39, 0.29) is 17.8 Å². The van der Waals surface area contributed by atoms with Crippen molar-refractivity contribution < 1.29 is 19.1 Å². The number of alkyl carbamates (subject to hydrolysis) is 1. The largest absolute Gasteiger partial charge is 0.444 e. The van der Waals surface area contributed by atoms with Crippen molar-refractivity contribution in [1.29, 1.82) is 0 Å². The Kier molecular flexibility index (Phi) is 7.36. The van der Waals surface area contributed by atoms with Gasteiger partial charge in [-0.25, -0.2) is 14.8 Å². The van der Waals surface area contributed by atoms with Gasteiger partial charge in [-0.3, -0.25) is 0 Å². The van der Waals surface area contributed by atoms with E-state index in [9.17, 15) is 9.90 Å². The number of nitrogens with one attached hydrogen (secondary N) is 3. The second-order valence-corrected chi connectivity index (χ2v) is 10.3. The lowest BCUT2D eigenvalue weighted by Gasteiger charge is -2.21. The van der Waals surface area contributed by atoms with Crippen LogP contribution in [0.4, 0.5) is 22.0 Å². The van der Waals surface area contributed by atoms with Crippen LogP contribution in [-0.4, -0.2) is 49.6 Å². The Morgan fingerprint density at radius 2 is 2.00 bits per heavy atom. The van der Waals surface area contributed by atoms with Crippen LogP contribution in [0, 0.1) is 0 Å². The molecule has 0 spiro atoms. The van der Waals surface area contributed by atoms with E-state index in [1.165, 1.54) is 0 Å². The van der Waals surface area contributed by atoms with Crippen LogP contribution < -0.4 is 16.0 Å². The van der Waals surface area contributed by atoms with Gasteiger partial charge in [0, 0.05) is 24.0 Å². The van der Waals surface area contributed by atoms with Crippen molar-refractivity contribution in [3.05, 3.63) is 41.9 Å². The Bertz CT molecular complexity index is 1350. The first kappa shape index (κ1) is 25.3. The fourth-order valence-electron chi connectivity index (χ4n) is 3.32. The maximum Gasteiger partial charge on any atom is 0.408 e. The number of hydrogen-bond donors (Lipinski definition) is 4. The van der Waals surface area contributed by atoms with Crippen molar-refractivity contribution in [3.63, 3.8) is 0 Å². The first-order valence-corrected chi connectivity index (χ1v) is 12.3. The van der Waals surface area contributed by atoms with E-state index in [0.29, 0.717) is 11.4 Å². The standard InChI is InChI=1S/C24H29N7O4S/c1-13(2)27-17-9-20(28-14-6-7-16-19(8-14)36-12-26-16)25-10-15(17)21-30-31-22(34-21)18(11-32)29-23(33)35-24(3,4)5/h6-10,12-13,18,32H,11H2,1-5H3,(H,29,33)(H2,25,27,28). The maximum absolute atomic E-state index is 12.1. The lowest BCUT2D eigenvalue weighted by atomic mass is 10.2. The summed E-state index contributed by atoms with van der Waals surface area (Å²) in [4.78, 5) is 21.0. The van der Waals surface area contributed by atoms with E-state index in [1.807, 2.05) is 43.6 Å². The van der Waals surface area contributed by atoms with E-state index in [2.05, 4.69) is 36.1 Å². The molecule has 3 heterocycles. The van der Waals surface area contributed by atoms with Crippen molar-refractivity contribution in [2.75, 3.05) is 17.2 Å². The minimum Gasteiger partial charge on any atom is -0.444 e. The van der Waals surface area contributed by atoms with Crippen LogP contribution in [0.1, 0.15) is 46.6 Å². The first-order valence-electron chi connectivity index (χ1n) is 11.4. The lowest BCUT2D eigenvalue weighted by molar-refractivity contribution is 0.0470. The van der Waals surface area contributed by atoms with E-state index >= 15 is 0 Å². The summed E-state index contributed by atoms with van der Waals surface area (Å²) >= 11 is 1.57. The predicted octanol–water partition coefficient (Wildman–Crippen LogP) is 4.86. The van der Waals surface area contributed by atoms with Gasteiger partial charge in [0.1, 0.15) is 17.5 Å². The highest BCUT2D eigenvalue weighted by atomic mass is 32.1. The van der Waals surface area contributed by atoms with E-state index in [4.69, 9.17) is 9.15 Å². The monoisotopic (exact) mass is 511 g/mol. The number of rotatable bonds is 8. The van der Waals surface area contributed by atoms with Crippen molar-refractivity contribution in [1.82, 2.24) is 25.5 Å². The molecular weight excluding hydrogens is 482 g/mol. The van der Waals surface area contributed by atoms with Crippen LogP contribution >= 0.6 is 11.3 Å². The topological polar surface area (TPSA) is 147 Å². The number of carbonyl (C=O) groups is 1. The quantitative estimate of drug-likeness (QED) is 0.258. The van der Waals surface area contributed by atoms with Gasteiger partial charge in [0.15, 0.2) is 0 Å². The number of carbonyl (C=O) groups excluding carboxylic acids is 1. The summed E-state index contributed by atoms with van der Waals surface area (Å²) in [6, 6.07) is 6.99. The number of anilines is 3. The molecule has 0 aliphatic heterocycles. The van der Waals surface area contributed by atoms with Crippen LogP contribution in [0.2, 0.25) is 0 Å². The molecule has 1 aromatic carbocycles. The molecule has 3 aromatic heterocycles. The average molecular weight is 512 g/mol. The molecular formula is C24H29N7O4S. The number of benzene rings is 1. The van der Waals surface area contributed by atoms with Crippen molar-refractivity contribution in [2.24, 2.45) is 0 Å². The van der Waals surface area contributed by atoms with Crippen molar-refractivity contribution in [2.45, 2.75) is 52.3 Å². The molecule has 0 aliphatic rings. The molecule has 1 atom stereocenters. The molecule has 4 aromatic rings. The zero-order valence-electron chi connectivity index (χ0n) is 20.7. The number of aliphatic hydroxyl groups is 1. The number of ether oxygens (including phenoxy) is 1. The summed E-state index contributed by atoms with van der Waals surface area (Å²) < 4.78 is 12.1. The molecule has 0 radical (unpaired) electrons. The minimum atomic E-state index is -0.918. The highest BCUT2D eigenvalue weighted by molar-refractivity contribution is 7.16. The van der Waals surface area contributed by atoms with Gasteiger partial charge in [-0.15, -0.1) is 21.5 Å². The molecule has 11 nitrogen and oxygen atoms in total. The molecule has 1 amide bonds. The maximum atomic E-state index is 12.1. The molecule has 190 valence electrons. The Morgan fingerprint density at radius 1 is 1.19 bits per heavy atom. The van der Waals surface area contributed by atoms with Gasteiger partial charge in [-0.1, -0.05) is 0 Å². The molecule has 4 rings (SSSR count). The SMILES string of the molecule is CC(C)Nc1cc(Nc2ccc3ncsc3c2)ncc1-c1nnc(C(CO)NC(=O)OC(C)(C)C)o1. The van der Waals surface area contributed by atoms with Crippen molar-refractivity contribution >= 4 is 44.8 Å². The van der Waals surface area contributed by atoms with Gasteiger partial charge in [-0.2, -0.15) is 0 Å². The van der Waals surface area contributed by atoms with Gasteiger partial charge >= 0.3 is 6.09 Å². The van der Waals surface area contributed by atoms with E-state index < -0.39 is 24.3 Å².